The van der Waals surface area contributed by atoms with Gasteiger partial charge in [-0.3, -0.25) is 4.79 Å². The molecule has 3 nitrogen and oxygen atoms in total. The van der Waals surface area contributed by atoms with Crippen molar-refractivity contribution in [3.8, 4) is 0 Å². The lowest BCUT2D eigenvalue weighted by atomic mass is 10.1. The Labute approximate surface area is 132 Å². The molecule has 0 atom stereocenters. The number of halogens is 2. The molecule has 1 amide bonds. The summed E-state index contributed by atoms with van der Waals surface area (Å²) in [6, 6.07) is 8.15. The van der Waals surface area contributed by atoms with Crippen molar-refractivity contribution in [1.82, 2.24) is 9.88 Å². The second kappa shape index (κ2) is 7.41. The maximum absolute atomic E-state index is 12.8. The van der Waals surface area contributed by atoms with Crippen molar-refractivity contribution >= 4 is 21.8 Å². The first-order chi connectivity index (χ1) is 10.1. The van der Waals surface area contributed by atoms with Crippen LogP contribution in [0.5, 0.6) is 0 Å². The van der Waals surface area contributed by atoms with Crippen LogP contribution in [0.1, 0.15) is 29.4 Å². The fourth-order valence-electron chi connectivity index (χ4n) is 2.15. The molecule has 1 aromatic carbocycles. The van der Waals surface area contributed by atoms with E-state index in [4.69, 9.17) is 0 Å². The van der Waals surface area contributed by atoms with Crippen LogP contribution >= 0.6 is 15.9 Å². The predicted octanol–water partition coefficient (Wildman–Crippen LogP) is 3.77. The number of benzene rings is 1. The van der Waals surface area contributed by atoms with Crippen LogP contribution in [-0.4, -0.2) is 17.0 Å². The fraction of sp³-hybridized carbons (Fsp3) is 0.312. The highest BCUT2D eigenvalue weighted by Gasteiger charge is 2.12. The number of aromatic nitrogens is 1. The van der Waals surface area contributed by atoms with E-state index in [0.29, 0.717) is 18.7 Å². The van der Waals surface area contributed by atoms with E-state index in [1.807, 2.05) is 16.8 Å². The SMILES string of the molecule is CCCn1cc(Br)cc1C(=O)NCCc1ccc(F)cc1. The minimum Gasteiger partial charge on any atom is -0.350 e. The van der Waals surface area contributed by atoms with Crippen molar-refractivity contribution in [3.63, 3.8) is 0 Å². The lowest BCUT2D eigenvalue weighted by Crippen LogP contribution is -2.27. The Balaban J connectivity index is 1.91. The minimum atomic E-state index is -0.245. The number of carbonyl (C=O) groups is 1. The molecular formula is C16H18BrFN2O. The minimum absolute atomic E-state index is 0.0868. The number of amides is 1. The molecule has 112 valence electrons. The van der Waals surface area contributed by atoms with E-state index in [0.717, 1.165) is 23.0 Å². The summed E-state index contributed by atoms with van der Waals surface area (Å²) in [7, 11) is 0. The molecule has 0 unspecified atom stereocenters. The number of hydrogen-bond donors (Lipinski definition) is 1. The molecule has 5 heteroatoms. The van der Waals surface area contributed by atoms with Crippen LogP contribution in [0, 0.1) is 5.82 Å². The highest BCUT2D eigenvalue weighted by molar-refractivity contribution is 9.10. The van der Waals surface area contributed by atoms with Crippen molar-refractivity contribution in [2.45, 2.75) is 26.3 Å². The smallest absolute Gasteiger partial charge is 0.267 e. The summed E-state index contributed by atoms with van der Waals surface area (Å²) >= 11 is 3.40. The normalized spacial score (nSPS) is 10.6. The summed E-state index contributed by atoms with van der Waals surface area (Å²) in [5.74, 6) is -0.332. The number of nitrogens with one attached hydrogen (secondary N) is 1. The summed E-state index contributed by atoms with van der Waals surface area (Å²) < 4.78 is 15.6. The largest absolute Gasteiger partial charge is 0.350 e. The number of aryl methyl sites for hydroxylation is 1. The summed E-state index contributed by atoms with van der Waals surface area (Å²) in [5.41, 5.74) is 1.66. The zero-order valence-electron chi connectivity index (χ0n) is 11.9. The average Bonchev–Trinajstić information content (AvgIpc) is 2.82. The Morgan fingerprint density at radius 3 is 2.71 bits per heavy atom. The molecule has 0 aliphatic heterocycles. The molecule has 0 radical (unpaired) electrons. The van der Waals surface area contributed by atoms with Gasteiger partial charge in [0.1, 0.15) is 11.5 Å². The molecule has 1 aromatic heterocycles. The van der Waals surface area contributed by atoms with Crippen LogP contribution in [0.2, 0.25) is 0 Å². The standard InChI is InChI=1S/C16H18BrFN2O/c1-2-9-20-11-13(17)10-15(20)16(21)19-8-7-12-3-5-14(18)6-4-12/h3-6,10-11H,2,7-9H2,1H3,(H,19,21). The van der Waals surface area contributed by atoms with Gasteiger partial charge in [-0.1, -0.05) is 19.1 Å². The van der Waals surface area contributed by atoms with E-state index in [1.54, 1.807) is 12.1 Å². The average molecular weight is 353 g/mol. The highest BCUT2D eigenvalue weighted by atomic mass is 79.9. The van der Waals surface area contributed by atoms with Gasteiger partial charge in [-0.15, -0.1) is 0 Å². The molecule has 0 aliphatic rings. The molecule has 0 fully saturated rings. The third-order valence-corrected chi connectivity index (χ3v) is 3.61. The van der Waals surface area contributed by atoms with E-state index >= 15 is 0 Å². The van der Waals surface area contributed by atoms with Crippen molar-refractivity contribution in [1.29, 1.82) is 0 Å². The second-order valence-corrected chi connectivity index (χ2v) is 5.78. The van der Waals surface area contributed by atoms with Gasteiger partial charge in [0.15, 0.2) is 0 Å². The Morgan fingerprint density at radius 1 is 1.33 bits per heavy atom. The van der Waals surface area contributed by atoms with Crippen molar-refractivity contribution in [2.24, 2.45) is 0 Å². The summed E-state index contributed by atoms with van der Waals surface area (Å²) in [6.07, 6.45) is 3.57. The molecule has 0 aliphatic carbocycles. The van der Waals surface area contributed by atoms with Gasteiger partial charge in [0.05, 0.1) is 0 Å². The summed E-state index contributed by atoms with van der Waals surface area (Å²) in [6.45, 7) is 3.41. The van der Waals surface area contributed by atoms with Gasteiger partial charge >= 0.3 is 0 Å². The molecule has 0 saturated carbocycles. The summed E-state index contributed by atoms with van der Waals surface area (Å²) in [5, 5.41) is 2.90. The van der Waals surface area contributed by atoms with Crippen LogP contribution in [0.3, 0.4) is 0 Å². The third-order valence-electron chi connectivity index (χ3n) is 3.17. The molecule has 0 bridgehead atoms. The van der Waals surface area contributed by atoms with Crippen LogP contribution in [0.15, 0.2) is 41.0 Å². The van der Waals surface area contributed by atoms with E-state index in [1.165, 1.54) is 12.1 Å². The van der Waals surface area contributed by atoms with Crippen LogP contribution < -0.4 is 5.32 Å². The zero-order valence-corrected chi connectivity index (χ0v) is 13.5. The van der Waals surface area contributed by atoms with E-state index < -0.39 is 0 Å². The van der Waals surface area contributed by atoms with Gasteiger partial charge < -0.3 is 9.88 Å². The second-order valence-electron chi connectivity index (χ2n) is 4.87. The first kappa shape index (κ1) is 15.8. The van der Waals surface area contributed by atoms with Crippen molar-refractivity contribution in [2.75, 3.05) is 6.54 Å². The summed E-state index contributed by atoms with van der Waals surface area (Å²) in [4.78, 5) is 12.2. The number of rotatable bonds is 6. The van der Waals surface area contributed by atoms with Crippen molar-refractivity contribution in [3.05, 3.63) is 58.1 Å². The zero-order chi connectivity index (χ0) is 15.2. The van der Waals surface area contributed by atoms with Crippen LogP contribution in [0.25, 0.3) is 0 Å². The Kier molecular flexibility index (Phi) is 5.56. The third kappa shape index (κ3) is 4.43. The van der Waals surface area contributed by atoms with Crippen LogP contribution in [0.4, 0.5) is 4.39 Å². The molecule has 0 saturated heterocycles. The molecule has 2 rings (SSSR count). The van der Waals surface area contributed by atoms with Crippen molar-refractivity contribution < 1.29 is 9.18 Å². The topological polar surface area (TPSA) is 34.0 Å². The fourth-order valence-corrected chi connectivity index (χ4v) is 2.62. The first-order valence-electron chi connectivity index (χ1n) is 6.98. The Bertz CT molecular complexity index is 607. The number of hydrogen-bond acceptors (Lipinski definition) is 1. The van der Waals surface area contributed by atoms with E-state index in [9.17, 15) is 9.18 Å². The predicted molar refractivity (Wildman–Crippen MR) is 84.9 cm³/mol. The molecule has 2 aromatic rings. The Hall–Kier alpha value is -1.62. The molecule has 1 N–H and O–H groups in total. The monoisotopic (exact) mass is 352 g/mol. The lowest BCUT2D eigenvalue weighted by Gasteiger charge is -2.08. The first-order valence-corrected chi connectivity index (χ1v) is 7.77. The highest BCUT2D eigenvalue weighted by Crippen LogP contribution is 2.15. The molecule has 1 heterocycles. The van der Waals surface area contributed by atoms with Gasteiger partial charge in [-0.05, 0) is 52.5 Å². The van der Waals surface area contributed by atoms with Gasteiger partial charge in [-0.25, -0.2) is 4.39 Å². The van der Waals surface area contributed by atoms with Gasteiger partial charge in [0, 0.05) is 23.8 Å². The van der Waals surface area contributed by atoms with Gasteiger partial charge in [0.25, 0.3) is 5.91 Å². The number of carbonyl (C=O) groups excluding carboxylic acids is 1. The lowest BCUT2D eigenvalue weighted by molar-refractivity contribution is 0.0944. The Morgan fingerprint density at radius 2 is 2.05 bits per heavy atom. The van der Waals surface area contributed by atoms with E-state index in [-0.39, 0.29) is 11.7 Å². The molecular weight excluding hydrogens is 335 g/mol. The maximum Gasteiger partial charge on any atom is 0.267 e. The van der Waals surface area contributed by atoms with Crippen LogP contribution in [-0.2, 0) is 13.0 Å². The molecule has 21 heavy (non-hydrogen) atoms. The van der Waals surface area contributed by atoms with Gasteiger partial charge in [0.2, 0.25) is 0 Å². The molecule has 0 spiro atoms. The quantitative estimate of drug-likeness (QED) is 0.843. The number of nitrogens with zero attached hydrogens (tertiary/aromatic N) is 1. The maximum atomic E-state index is 12.8. The van der Waals surface area contributed by atoms with Gasteiger partial charge in [-0.2, -0.15) is 0 Å². The van der Waals surface area contributed by atoms with E-state index in [2.05, 4.69) is 28.2 Å².